The molecule has 0 atom stereocenters. The Morgan fingerprint density at radius 2 is 1.96 bits per heavy atom. The van der Waals surface area contributed by atoms with Crippen molar-refractivity contribution in [1.29, 1.82) is 0 Å². The highest BCUT2D eigenvalue weighted by atomic mass is 35.5. The van der Waals surface area contributed by atoms with Crippen molar-refractivity contribution in [3.63, 3.8) is 0 Å². The number of rotatable bonds is 3. The van der Waals surface area contributed by atoms with Crippen LogP contribution in [0, 0.1) is 5.92 Å². The smallest absolute Gasteiger partial charge is 0.226 e. The highest BCUT2D eigenvalue weighted by Crippen LogP contribution is 2.28. The number of halogens is 1. The van der Waals surface area contributed by atoms with Gasteiger partial charge in [-0.3, -0.25) is 9.69 Å². The molecule has 0 saturated carbocycles. The van der Waals surface area contributed by atoms with E-state index < -0.39 is 0 Å². The van der Waals surface area contributed by atoms with Crippen LogP contribution < -0.4 is 0 Å². The van der Waals surface area contributed by atoms with Gasteiger partial charge in [0.1, 0.15) is 0 Å². The van der Waals surface area contributed by atoms with Crippen molar-refractivity contribution in [1.82, 2.24) is 9.80 Å². The molecule has 25 heavy (non-hydrogen) atoms. The molecular weight excluding hydrogens is 352 g/mol. The molecule has 3 nitrogen and oxygen atoms in total. The van der Waals surface area contributed by atoms with Crippen molar-refractivity contribution in [2.75, 3.05) is 19.6 Å². The maximum Gasteiger partial charge on any atom is 0.226 e. The Kier molecular flexibility index (Phi) is 5.11. The molecule has 1 aromatic heterocycles. The SMILES string of the molecule is O=C(C1CCN(Cc2ccccc2Cl)CC1)N1CCc2sccc2C1. The molecule has 0 aliphatic carbocycles. The van der Waals surface area contributed by atoms with Crippen LogP contribution in [-0.2, 0) is 24.3 Å². The number of carbonyl (C=O) groups is 1. The Bertz CT molecular complexity index is 752. The van der Waals surface area contributed by atoms with Gasteiger partial charge in [-0.15, -0.1) is 11.3 Å². The van der Waals surface area contributed by atoms with Crippen LogP contribution in [0.5, 0.6) is 0 Å². The first-order chi connectivity index (χ1) is 12.2. The fraction of sp³-hybridized carbons (Fsp3) is 0.450. The van der Waals surface area contributed by atoms with Gasteiger partial charge >= 0.3 is 0 Å². The van der Waals surface area contributed by atoms with Crippen LogP contribution in [-0.4, -0.2) is 35.3 Å². The standard InChI is InChI=1S/C20H23ClN2OS/c21-18-4-2-1-3-16(18)13-22-9-5-15(6-10-22)20(24)23-11-7-19-17(14-23)8-12-25-19/h1-4,8,12,15H,5-7,9-11,13-14H2. The predicted molar refractivity (Wildman–Crippen MR) is 103 cm³/mol. The van der Waals surface area contributed by atoms with Gasteiger partial charge in [-0.2, -0.15) is 0 Å². The quantitative estimate of drug-likeness (QED) is 0.803. The molecule has 2 aliphatic rings. The third-order valence-corrected chi connectivity index (χ3v) is 6.80. The second kappa shape index (κ2) is 7.48. The van der Waals surface area contributed by atoms with Gasteiger partial charge in [-0.1, -0.05) is 29.8 Å². The maximum atomic E-state index is 12.9. The first kappa shape index (κ1) is 17.1. The Morgan fingerprint density at radius 3 is 2.76 bits per heavy atom. The Balaban J connectivity index is 1.31. The second-order valence-electron chi connectivity index (χ2n) is 7.02. The van der Waals surface area contributed by atoms with E-state index in [0.29, 0.717) is 5.91 Å². The van der Waals surface area contributed by atoms with Gasteiger partial charge in [0, 0.05) is 35.5 Å². The number of piperidine rings is 1. The lowest BCUT2D eigenvalue weighted by atomic mass is 9.94. The second-order valence-corrected chi connectivity index (χ2v) is 8.43. The van der Waals surface area contributed by atoms with Gasteiger partial charge in [0.25, 0.3) is 0 Å². The summed E-state index contributed by atoms with van der Waals surface area (Å²) in [5, 5.41) is 2.98. The minimum atomic E-state index is 0.183. The molecule has 1 saturated heterocycles. The van der Waals surface area contributed by atoms with Gasteiger partial charge in [0.05, 0.1) is 0 Å². The average Bonchev–Trinajstić information content (AvgIpc) is 3.11. The lowest BCUT2D eigenvalue weighted by Gasteiger charge is -2.35. The molecule has 2 aliphatic heterocycles. The van der Waals surface area contributed by atoms with Crippen LogP contribution in [0.1, 0.15) is 28.8 Å². The molecule has 3 heterocycles. The molecule has 0 radical (unpaired) electrons. The van der Waals surface area contributed by atoms with E-state index in [1.54, 1.807) is 0 Å². The summed E-state index contributed by atoms with van der Waals surface area (Å²) in [5.74, 6) is 0.539. The fourth-order valence-electron chi connectivity index (χ4n) is 3.90. The largest absolute Gasteiger partial charge is 0.338 e. The molecule has 1 amide bonds. The van der Waals surface area contributed by atoms with Gasteiger partial charge in [-0.25, -0.2) is 0 Å². The van der Waals surface area contributed by atoms with E-state index in [-0.39, 0.29) is 5.92 Å². The first-order valence-corrected chi connectivity index (χ1v) is 10.3. The number of benzene rings is 1. The molecule has 0 N–H and O–H groups in total. The van der Waals surface area contributed by atoms with Crippen molar-refractivity contribution in [3.05, 3.63) is 56.7 Å². The van der Waals surface area contributed by atoms with Crippen LogP contribution in [0.2, 0.25) is 5.02 Å². The summed E-state index contributed by atoms with van der Waals surface area (Å²) in [4.78, 5) is 18.8. The Hall–Kier alpha value is -1.36. The molecule has 0 bridgehead atoms. The van der Waals surface area contributed by atoms with Crippen LogP contribution in [0.4, 0.5) is 0 Å². The van der Waals surface area contributed by atoms with Gasteiger partial charge in [0.2, 0.25) is 5.91 Å². The summed E-state index contributed by atoms with van der Waals surface area (Å²) in [7, 11) is 0. The molecule has 2 aromatic rings. The van der Waals surface area contributed by atoms with Crippen molar-refractivity contribution >= 4 is 28.8 Å². The van der Waals surface area contributed by atoms with Crippen molar-refractivity contribution in [2.24, 2.45) is 5.92 Å². The molecule has 5 heteroatoms. The van der Waals surface area contributed by atoms with Gasteiger partial charge in [0.15, 0.2) is 0 Å². The summed E-state index contributed by atoms with van der Waals surface area (Å²) in [6.07, 6.45) is 2.93. The number of amides is 1. The lowest BCUT2D eigenvalue weighted by Crippen LogP contribution is -2.43. The molecule has 132 valence electrons. The lowest BCUT2D eigenvalue weighted by molar-refractivity contribution is -0.138. The summed E-state index contributed by atoms with van der Waals surface area (Å²) in [6, 6.07) is 10.2. The van der Waals surface area contributed by atoms with E-state index in [1.165, 1.54) is 16.0 Å². The van der Waals surface area contributed by atoms with Crippen LogP contribution in [0.3, 0.4) is 0 Å². The van der Waals surface area contributed by atoms with Crippen molar-refractivity contribution < 1.29 is 4.79 Å². The average molecular weight is 375 g/mol. The van der Waals surface area contributed by atoms with Crippen LogP contribution in [0.25, 0.3) is 0 Å². The maximum absolute atomic E-state index is 12.9. The van der Waals surface area contributed by atoms with Crippen LogP contribution >= 0.6 is 22.9 Å². The van der Waals surface area contributed by atoms with Gasteiger partial charge in [-0.05, 0) is 61.0 Å². The summed E-state index contributed by atoms with van der Waals surface area (Å²) < 4.78 is 0. The van der Waals surface area contributed by atoms with Crippen LogP contribution in [0.15, 0.2) is 35.7 Å². The fourth-order valence-corrected chi connectivity index (χ4v) is 4.99. The highest BCUT2D eigenvalue weighted by molar-refractivity contribution is 7.10. The molecular formula is C20H23ClN2OS. The van der Waals surface area contributed by atoms with E-state index in [2.05, 4.69) is 27.3 Å². The number of carbonyl (C=O) groups excluding carboxylic acids is 1. The molecule has 0 spiro atoms. The van der Waals surface area contributed by atoms with Crippen molar-refractivity contribution in [3.8, 4) is 0 Å². The summed E-state index contributed by atoms with van der Waals surface area (Å²) in [5.41, 5.74) is 2.52. The van der Waals surface area contributed by atoms with Crippen molar-refractivity contribution in [2.45, 2.75) is 32.4 Å². The van der Waals surface area contributed by atoms with E-state index in [1.807, 2.05) is 29.5 Å². The Labute approximate surface area is 158 Å². The van der Waals surface area contributed by atoms with E-state index >= 15 is 0 Å². The molecule has 0 unspecified atom stereocenters. The summed E-state index contributed by atoms with van der Waals surface area (Å²) >= 11 is 8.09. The minimum Gasteiger partial charge on any atom is -0.338 e. The topological polar surface area (TPSA) is 23.6 Å². The number of fused-ring (bicyclic) bond motifs is 1. The minimum absolute atomic E-state index is 0.183. The first-order valence-electron chi connectivity index (χ1n) is 9.00. The number of hydrogen-bond donors (Lipinski definition) is 0. The molecule has 4 rings (SSSR count). The zero-order chi connectivity index (χ0) is 17.2. The zero-order valence-electron chi connectivity index (χ0n) is 14.3. The monoisotopic (exact) mass is 374 g/mol. The number of thiophene rings is 1. The zero-order valence-corrected chi connectivity index (χ0v) is 15.9. The van der Waals surface area contributed by atoms with E-state index in [0.717, 1.165) is 57.0 Å². The number of likely N-dealkylation sites (tertiary alicyclic amines) is 1. The molecule has 1 fully saturated rings. The normalized spacial score (nSPS) is 19.0. The number of nitrogens with zero attached hydrogens (tertiary/aromatic N) is 2. The molecule has 1 aromatic carbocycles. The van der Waals surface area contributed by atoms with Gasteiger partial charge < -0.3 is 4.90 Å². The van der Waals surface area contributed by atoms with E-state index in [9.17, 15) is 4.79 Å². The third-order valence-electron chi connectivity index (χ3n) is 5.41. The van der Waals surface area contributed by atoms with E-state index in [4.69, 9.17) is 11.6 Å². The Morgan fingerprint density at radius 1 is 1.16 bits per heavy atom. The highest BCUT2D eigenvalue weighted by Gasteiger charge is 2.30. The predicted octanol–water partition coefficient (Wildman–Crippen LogP) is 4.20. The third kappa shape index (κ3) is 3.76. The number of hydrogen-bond acceptors (Lipinski definition) is 3. The summed E-state index contributed by atoms with van der Waals surface area (Å²) in [6.45, 7) is 4.50.